The number of carbonyl (C=O) groups is 1. The molecule has 2 N–H and O–H groups in total. The SMILES string of the molecule is CCCCC=Cc1ccc2c3c([nH]c2c1F)-c1ccc(NC(C)=O)cc1C3. The third kappa shape index (κ3) is 3.16. The number of amides is 1. The zero-order valence-corrected chi connectivity index (χ0v) is 15.7. The molecule has 0 fully saturated rings. The Hall–Kier alpha value is -2.88. The molecule has 1 heterocycles. The van der Waals surface area contributed by atoms with Crippen LogP contribution in [-0.4, -0.2) is 10.9 Å². The molecule has 2 aromatic carbocycles. The Balaban J connectivity index is 1.70. The monoisotopic (exact) mass is 362 g/mol. The minimum Gasteiger partial charge on any atom is -0.352 e. The molecule has 3 nitrogen and oxygen atoms in total. The van der Waals surface area contributed by atoms with E-state index < -0.39 is 0 Å². The number of H-pyrrole nitrogens is 1. The number of anilines is 1. The molecule has 1 aromatic heterocycles. The Labute approximate surface area is 158 Å². The highest BCUT2D eigenvalue weighted by Gasteiger charge is 2.25. The molecular weight excluding hydrogens is 339 g/mol. The maximum atomic E-state index is 15.0. The van der Waals surface area contributed by atoms with Crippen LogP contribution in [0.3, 0.4) is 0 Å². The van der Waals surface area contributed by atoms with E-state index in [1.54, 1.807) is 0 Å². The van der Waals surface area contributed by atoms with Crippen molar-refractivity contribution in [1.29, 1.82) is 0 Å². The lowest BCUT2D eigenvalue weighted by atomic mass is 10.1. The summed E-state index contributed by atoms with van der Waals surface area (Å²) in [5.74, 6) is -0.274. The highest BCUT2D eigenvalue weighted by atomic mass is 19.1. The summed E-state index contributed by atoms with van der Waals surface area (Å²) >= 11 is 0. The number of carbonyl (C=O) groups excluding carboxylic acids is 1. The Morgan fingerprint density at radius 2 is 2.15 bits per heavy atom. The first-order valence-corrected chi connectivity index (χ1v) is 9.49. The van der Waals surface area contributed by atoms with Gasteiger partial charge in [-0.2, -0.15) is 0 Å². The predicted octanol–water partition coefficient (Wildman–Crippen LogP) is 6.04. The first kappa shape index (κ1) is 17.5. The number of allylic oxidation sites excluding steroid dienone is 1. The van der Waals surface area contributed by atoms with E-state index in [0.717, 1.165) is 59.1 Å². The molecule has 4 rings (SSSR count). The van der Waals surface area contributed by atoms with Gasteiger partial charge in [0, 0.05) is 35.5 Å². The Kier molecular flexibility index (Phi) is 4.56. The molecule has 3 aromatic rings. The third-order valence-corrected chi connectivity index (χ3v) is 5.13. The summed E-state index contributed by atoms with van der Waals surface area (Å²) in [6.07, 6.45) is 7.89. The van der Waals surface area contributed by atoms with Crippen LogP contribution in [0.1, 0.15) is 49.8 Å². The number of rotatable bonds is 5. The van der Waals surface area contributed by atoms with Crippen LogP contribution >= 0.6 is 0 Å². The van der Waals surface area contributed by atoms with Gasteiger partial charge in [-0.25, -0.2) is 4.39 Å². The number of aromatic nitrogens is 1. The molecule has 0 unspecified atom stereocenters. The minimum atomic E-state index is -0.189. The van der Waals surface area contributed by atoms with Crippen molar-refractivity contribution in [2.45, 2.75) is 39.5 Å². The Morgan fingerprint density at radius 3 is 2.93 bits per heavy atom. The third-order valence-electron chi connectivity index (χ3n) is 5.13. The fraction of sp³-hybridized carbons (Fsp3) is 0.261. The Bertz CT molecular complexity index is 1060. The molecule has 0 spiro atoms. The molecule has 138 valence electrons. The van der Waals surface area contributed by atoms with Crippen molar-refractivity contribution in [2.24, 2.45) is 0 Å². The fourth-order valence-electron chi connectivity index (χ4n) is 3.83. The van der Waals surface area contributed by atoms with E-state index in [0.29, 0.717) is 11.1 Å². The van der Waals surface area contributed by atoms with Crippen LogP contribution in [0, 0.1) is 5.82 Å². The standard InChI is InChI=1S/C23H23FN2O/c1-3-4-5-6-7-15-8-10-19-20-13-16-12-17(25-14(2)27)9-11-18(16)22(20)26-23(19)21(15)24/h6-12,26H,3-5,13H2,1-2H3,(H,25,27). The van der Waals surface area contributed by atoms with E-state index in [4.69, 9.17) is 0 Å². The summed E-state index contributed by atoms with van der Waals surface area (Å²) in [5, 5.41) is 3.75. The number of nitrogens with one attached hydrogen (secondary N) is 2. The van der Waals surface area contributed by atoms with Crippen molar-refractivity contribution in [3.05, 3.63) is 58.9 Å². The van der Waals surface area contributed by atoms with Gasteiger partial charge < -0.3 is 10.3 Å². The minimum absolute atomic E-state index is 0.0847. The molecular formula is C23H23FN2O. The second-order valence-electron chi connectivity index (χ2n) is 7.14. The Morgan fingerprint density at radius 1 is 1.30 bits per heavy atom. The number of benzene rings is 2. The van der Waals surface area contributed by atoms with Crippen LogP contribution in [-0.2, 0) is 11.2 Å². The second kappa shape index (κ2) is 7.03. The van der Waals surface area contributed by atoms with E-state index in [1.165, 1.54) is 6.92 Å². The first-order chi connectivity index (χ1) is 13.1. The van der Waals surface area contributed by atoms with Gasteiger partial charge in [0.1, 0.15) is 0 Å². The van der Waals surface area contributed by atoms with Crippen molar-refractivity contribution in [3.8, 4) is 11.3 Å². The number of hydrogen-bond donors (Lipinski definition) is 2. The molecule has 27 heavy (non-hydrogen) atoms. The summed E-state index contributed by atoms with van der Waals surface area (Å²) in [6.45, 7) is 3.65. The summed E-state index contributed by atoms with van der Waals surface area (Å²) in [7, 11) is 0. The van der Waals surface area contributed by atoms with Crippen LogP contribution in [0.2, 0.25) is 0 Å². The van der Waals surface area contributed by atoms with Gasteiger partial charge in [0.15, 0.2) is 5.82 Å². The average molecular weight is 362 g/mol. The zero-order valence-electron chi connectivity index (χ0n) is 15.7. The average Bonchev–Trinajstić information content (AvgIpc) is 3.16. The largest absolute Gasteiger partial charge is 0.352 e. The van der Waals surface area contributed by atoms with Crippen LogP contribution < -0.4 is 5.32 Å². The van der Waals surface area contributed by atoms with E-state index in [1.807, 2.05) is 42.5 Å². The zero-order chi connectivity index (χ0) is 19.0. The molecule has 0 radical (unpaired) electrons. The molecule has 0 bridgehead atoms. The fourth-order valence-corrected chi connectivity index (χ4v) is 3.83. The van der Waals surface area contributed by atoms with Crippen molar-refractivity contribution >= 4 is 28.6 Å². The van der Waals surface area contributed by atoms with Crippen LogP contribution in [0.25, 0.3) is 28.2 Å². The van der Waals surface area contributed by atoms with Crippen LogP contribution in [0.15, 0.2) is 36.4 Å². The van der Waals surface area contributed by atoms with Gasteiger partial charge in [0.2, 0.25) is 5.91 Å². The molecule has 0 atom stereocenters. The van der Waals surface area contributed by atoms with Gasteiger partial charge >= 0.3 is 0 Å². The van der Waals surface area contributed by atoms with Crippen molar-refractivity contribution < 1.29 is 9.18 Å². The van der Waals surface area contributed by atoms with E-state index in [-0.39, 0.29) is 11.7 Å². The highest BCUT2D eigenvalue weighted by molar-refractivity contribution is 5.96. The van der Waals surface area contributed by atoms with Gasteiger partial charge in [-0.1, -0.05) is 50.1 Å². The number of halogens is 1. The quantitative estimate of drug-likeness (QED) is 0.418. The molecule has 0 aliphatic heterocycles. The smallest absolute Gasteiger partial charge is 0.221 e. The normalized spacial score (nSPS) is 12.6. The van der Waals surface area contributed by atoms with Gasteiger partial charge in [-0.05, 0) is 29.7 Å². The summed E-state index contributed by atoms with van der Waals surface area (Å²) in [6, 6.07) is 9.75. The van der Waals surface area contributed by atoms with Crippen LogP contribution in [0.5, 0.6) is 0 Å². The maximum Gasteiger partial charge on any atom is 0.221 e. The second-order valence-corrected chi connectivity index (χ2v) is 7.14. The molecule has 1 aliphatic carbocycles. The number of fused-ring (bicyclic) bond motifs is 5. The van der Waals surface area contributed by atoms with E-state index in [2.05, 4.69) is 17.2 Å². The summed E-state index contributed by atoms with van der Waals surface area (Å²) in [4.78, 5) is 14.6. The lowest BCUT2D eigenvalue weighted by molar-refractivity contribution is -0.114. The van der Waals surface area contributed by atoms with Crippen molar-refractivity contribution in [2.75, 3.05) is 5.32 Å². The first-order valence-electron chi connectivity index (χ1n) is 9.49. The lowest BCUT2D eigenvalue weighted by Crippen LogP contribution is -2.05. The predicted molar refractivity (Wildman–Crippen MR) is 109 cm³/mol. The van der Waals surface area contributed by atoms with Crippen molar-refractivity contribution in [1.82, 2.24) is 4.98 Å². The summed E-state index contributed by atoms with van der Waals surface area (Å²) in [5.41, 5.74) is 6.33. The van der Waals surface area contributed by atoms with Gasteiger partial charge in [-0.3, -0.25) is 4.79 Å². The molecule has 1 aliphatic rings. The van der Waals surface area contributed by atoms with E-state index >= 15 is 0 Å². The van der Waals surface area contributed by atoms with Gasteiger partial charge in [0.05, 0.1) is 11.2 Å². The topological polar surface area (TPSA) is 44.9 Å². The highest BCUT2D eigenvalue weighted by Crippen LogP contribution is 2.42. The maximum absolute atomic E-state index is 15.0. The molecule has 0 saturated heterocycles. The van der Waals surface area contributed by atoms with Gasteiger partial charge in [0.25, 0.3) is 0 Å². The van der Waals surface area contributed by atoms with Crippen molar-refractivity contribution in [3.63, 3.8) is 0 Å². The van der Waals surface area contributed by atoms with E-state index in [9.17, 15) is 9.18 Å². The molecule has 0 saturated carbocycles. The lowest BCUT2D eigenvalue weighted by Gasteiger charge is -2.06. The molecule has 1 amide bonds. The van der Waals surface area contributed by atoms with Gasteiger partial charge in [-0.15, -0.1) is 0 Å². The number of hydrogen-bond acceptors (Lipinski definition) is 1. The molecule has 4 heteroatoms. The van der Waals surface area contributed by atoms with Crippen LogP contribution in [0.4, 0.5) is 10.1 Å². The number of aromatic amines is 1. The number of unbranched alkanes of at least 4 members (excludes halogenated alkanes) is 2. The summed E-state index contributed by atoms with van der Waals surface area (Å²) < 4.78 is 15.0.